The molecule has 2 heterocycles. The molecule has 0 aliphatic heterocycles. The average molecular weight is 379 g/mol. The van der Waals surface area contributed by atoms with E-state index in [1.165, 1.54) is 25.2 Å². The molecule has 0 spiro atoms. The first kappa shape index (κ1) is 17.2. The van der Waals surface area contributed by atoms with E-state index in [9.17, 15) is 18.0 Å². The zero-order valence-corrected chi connectivity index (χ0v) is 14.8. The Morgan fingerprint density at radius 3 is 2.60 bits per heavy atom. The Bertz CT molecular complexity index is 1140. The Morgan fingerprint density at radius 2 is 1.96 bits per heavy atom. The third-order valence-electron chi connectivity index (χ3n) is 3.60. The van der Waals surface area contributed by atoms with Crippen molar-refractivity contribution in [1.82, 2.24) is 0 Å². The van der Waals surface area contributed by atoms with Gasteiger partial charge in [0.1, 0.15) is 10.6 Å². The van der Waals surface area contributed by atoms with Gasteiger partial charge in [-0.3, -0.25) is 4.31 Å². The Kier molecular flexibility index (Phi) is 4.13. The number of carboxylic acid groups (broad SMARTS) is 1. The van der Waals surface area contributed by atoms with Crippen molar-refractivity contribution in [3.8, 4) is 0 Å². The van der Waals surface area contributed by atoms with Gasteiger partial charge in [-0.1, -0.05) is 12.1 Å². The predicted molar refractivity (Wildman–Crippen MR) is 94.1 cm³/mol. The van der Waals surface area contributed by atoms with Gasteiger partial charge < -0.3 is 9.52 Å². The smallest absolute Gasteiger partial charge is 0.351 e. The van der Waals surface area contributed by atoms with Gasteiger partial charge in [0.05, 0.1) is 9.60 Å². The molecular formula is C16H13NO6S2. The van der Waals surface area contributed by atoms with Crippen molar-refractivity contribution in [3.05, 3.63) is 57.9 Å². The summed E-state index contributed by atoms with van der Waals surface area (Å²) in [7, 11) is -2.40. The van der Waals surface area contributed by atoms with Gasteiger partial charge in [0.15, 0.2) is 5.58 Å². The molecule has 0 unspecified atom stereocenters. The zero-order valence-electron chi connectivity index (χ0n) is 13.2. The fraction of sp³-hybridized carbons (Fsp3) is 0.125. The minimum absolute atomic E-state index is 0.139. The monoisotopic (exact) mass is 379 g/mol. The lowest BCUT2D eigenvalue weighted by atomic mass is 10.2. The summed E-state index contributed by atoms with van der Waals surface area (Å²) in [4.78, 5) is 22.8. The minimum atomic E-state index is -3.79. The lowest BCUT2D eigenvalue weighted by Crippen LogP contribution is -2.25. The van der Waals surface area contributed by atoms with Crippen LogP contribution in [-0.2, 0) is 10.0 Å². The zero-order chi connectivity index (χ0) is 18.4. The van der Waals surface area contributed by atoms with Gasteiger partial charge in [0, 0.05) is 13.1 Å². The van der Waals surface area contributed by atoms with Crippen molar-refractivity contribution < 1.29 is 22.7 Å². The van der Waals surface area contributed by atoms with Gasteiger partial charge in [-0.05, 0) is 30.7 Å². The molecule has 0 radical (unpaired) electrons. The summed E-state index contributed by atoms with van der Waals surface area (Å²) in [5, 5.41) is 9.29. The van der Waals surface area contributed by atoms with Crippen molar-refractivity contribution >= 4 is 42.6 Å². The van der Waals surface area contributed by atoms with E-state index in [1.807, 2.05) is 0 Å². The number of sulfonamides is 1. The van der Waals surface area contributed by atoms with Crippen molar-refractivity contribution in [2.24, 2.45) is 0 Å². The summed E-state index contributed by atoms with van der Waals surface area (Å²) in [5.74, 6) is -1.40. The summed E-state index contributed by atoms with van der Waals surface area (Å²) >= 11 is 1.02. The number of carbonyl (C=O) groups is 1. The van der Waals surface area contributed by atoms with E-state index in [2.05, 4.69) is 0 Å². The van der Waals surface area contributed by atoms with Gasteiger partial charge in [-0.2, -0.15) is 0 Å². The molecule has 0 aliphatic carbocycles. The highest BCUT2D eigenvalue weighted by Crippen LogP contribution is 2.34. The molecule has 1 N–H and O–H groups in total. The van der Waals surface area contributed by atoms with Gasteiger partial charge in [0.2, 0.25) is 0 Å². The highest BCUT2D eigenvalue weighted by atomic mass is 32.2. The predicted octanol–water partition coefficient (Wildman–Crippen LogP) is 2.69. The summed E-state index contributed by atoms with van der Waals surface area (Å²) < 4.78 is 31.9. The van der Waals surface area contributed by atoms with Crippen LogP contribution in [0.2, 0.25) is 0 Å². The average Bonchev–Trinajstić information content (AvgIpc) is 2.95. The molecule has 0 bridgehead atoms. The van der Waals surface area contributed by atoms with Crippen molar-refractivity contribution in [2.45, 2.75) is 11.8 Å². The second-order valence-corrected chi connectivity index (χ2v) is 8.39. The van der Waals surface area contributed by atoms with Crippen LogP contribution in [0.3, 0.4) is 0 Å². The number of hydrogen-bond donors (Lipinski definition) is 1. The van der Waals surface area contributed by atoms with Crippen LogP contribution in [0.25, 0.3) is 10.3 Å². The maximum atomic E-state index is 12.7. The Labute approximate surface area is 146 Å². The number of benzene rings is 1. The van der Waals surface area contributed by atoms with E-state index in [-0.39, 0.29) is 10.5 Å². The third kappa shape index (κ3) is 3.03. The first-order chi connectivity index (χ1) is 11.7. The molecule has 1 aromatic carbocycles. The van der Waals surface area contributed by atoms with E-state index in [4.69, 9.17) is 9.52 Å². The van der Waals surface area contributed by atoms with Crippen LogP contribution in [0.5, 0.6) is 0 Å². The van der Waals surface area contributed by atoms with Gasteiger partial charge in [0.25, 0.3) is 10.0 Å². The van der Waals surface area contributed by atoms with E-state index in [0.717, 1.165) is 21.2 Å². The van der Waals surface area contributed by atoms with Crippen LogP contribution < -0.4 is 9.93 Å². The van der Waals surface area contributed by atoms with Crippen LogP contribution in [0.1, 0.15) is 15.9 Å². The van der Waals surface area contributed by atoms with Gasteiger partial charge in [-0.15, -0.1) is 11.3 Å². The molecule has 3 rings (SSSR count). The normalized spacial score (nSPS) is 11.6. The lowest BCUT2D eigenvalue weighted by Gasteiger charge is -2.17. The molecular weight excluding hydrogens is 366 g/mol. The molecule has 130 valence electrons. The first-order valence-electron chi connectivity index (χ1n) is 7.07. The molecule has 0 saturated heterocycles. The number of carboxylic acids is 1. The lowest BCUT2D eigenvalue weighted by molar-refractivity contribution is 0.0692. The Morgan fingerprint density at radius 1 is 1.24 bits per heavy atom. The van der Waals surface area contributed by atoms with Crippen LogP contribution in [-0.4, -0.2) is 26.5 Å². The van der Waals surface area contributed by atoms with Crippen LogP contribution in [0.4, 0.5) is 5.00 Å². The molecule has 7 nitrogen and oxygen atoms in total. The quantitative estimate of drug-likeness (QED) is 0.747. The topological polar surface area (TPSA) is 105 Å². The number of nitrogens with zero attached hydrogens (tertiary/aromatic N) is 1. The number of anilines is 1. The largest absolute Gasteiger partial charge is 0.477 e. The maximum absolute atomic E-state index is 12.7. The van der Waals surface area contributed by atoms with Gasteiger partial charge in [-0.25, -0.2) is 18.0 Å². The number of fused-ring (bicyclic) bond motifs is 1. The van der Waals surface area contributed by atoms with Gasteiger partial charge >= 0.3 is 11.6 Å². The van der Waals surface area contributed by atoms with E-state index in [0.29, 0.717) is 9.70 Å². The Balaban J connectivity index is 2.09. The summed E-state index contributed by atoms with van der Waals surface area (Å²) in [6.07, 6.45) is 0. The van der Waals surface area contributed by atoms with E-state index in [1.54, 1.807) is 25.1 Å². The SMILES string of the molecule is Cc1cccc(S(=O)(=O)N(C)c2cc3oc(=O)c(C(=O)O)cc3s2)c1. The minimum Gasteiger partial charge on any atom is -0.477 e. The molecule has 0 amide bonds. The van der Waals surface area contributed by atoms with Crippen LogP contribution in [0, 0.1) is 6.92 Å². The number of aromatic carboxylic acids is 1. The molecule has 0 fully saturated rings. The number of aryl methyl sites for hydroxylation is 1. The molecule has 2 aromatic heterocycles. The van der Waals surface area contributed by atoms with Crippen molar-refractivity contribution in [3.63, 3.8) is 0 Å². The highest BCUT2D eigenvalue weighted by Gasteiger charge is 2.24. The van der Waals surface area contributed by atoms with E-state index < -0.39 is 27.2 Å². The van der Waals surface area contributed by atoms with Crippen LogP contribution in [0.15, 0.2) is 50.5 Å². The highest BCUT2D eigenvalue weighted by molar-refractivity contribution is 7.93. The van der Waals surface area contributed by atoms with Crippen molar-refractivity contribution in [1.29, 1.82) is 0 Å². The number of rotatable bonds is 4. The summed E-state index contributed by atoms with van der Waals surface area (Å²) in [6, 6.07) is 9.08. The second kappa shape index (κ2) is 6.01. The van der Waals surface area contributed by atoms with Crippen molar-refractivity contribution in [2.75, 3.05) is 11.4 Å². The second-order valence-electron chi connectivity index (χ2n) is 5.35. The molecule has 3 aromatic rings. The molecule has 0 atom stereocenters. The molecule has 0 aliphatic rings. The molecule has 25 heavy (non-hydrogen) atoms. The Hall–Kier alpha value is -2.65. The van der Waals surface area contributed by atoms with Crippen LogP contribution >= 0.6 is 11.3 Å². The summed E-state index contributed by atoms with van der Waals surface area (Å²) in [6.45, 7) is 1.79. The maximum Gasteiger partial charge on any atom is 0.351 e. The fourth-order valence-electron chi connectivity index (χ4n) is 2.26. The molecule has 9 heteroatoms. The standard InChI is InChI=1S/C16H13NO6S2/c1-9-4-3-5-10(6-9)25(21,22)17(2)14-8-12-13(24-14)7-11(15(18)19)16(20)23-12/h3-8H,1-2H3,(H,18,19). The summed E-state index contributed by atoms with van der Waals surface area (Å²) in [5.41, 5.74) is -0.525. The van der Waals surface area contributed by atoms with E-state index >= 15 is 0 Å². The number of hydrogen-bond acceptors (Lipinski definition) is 6. The fourth-order valence-corrected chi connectivity index (χ4v) is 4.75. The molecule has 0 saturated carbocycles. The number of thiophene rings is 1. The third-order valence-corrected chi connectivity index (χ3v) is 6.62. The first-order valence-corrected chi connectivity index (χ1v) is 9.32.